The maximum absolute atomic E-state index is 5.40. The molecule has 3 rings (SSSR count). The first-order chi connectivity index (χ1) is 12.2. The molecule has 25 heavy (non-hydrogen) atoms. The van der Waals surface area contributed by atoms with Gasteiger partial charge in [-0.05, 0) is 19.1 Å². The van der Waals surface area contributed by atoms with Gasteiger partial charge in [-0.25, -0.2) is 9.67 Å². The highest BCUT2D eigenvalue weighted by Crippen LogP contribution is 2.21. The van der Waals surface area contributed by atoms with Crippen LogP contribution in [0.4, 0.5) is 0 Å². The average molecular weight is 339 g/mol. The number of nitrogens with one attached hydrogen (secondary N) is 1. The maximum Gasteiger partial charge on any atom is 0.144 e. The van der Waals surface area contributed by atoms with Crippen molar-refractivity contribution in [1.82, 2.24) is 24.6 Å². The number of rotatable bonds is 8. The quantitative estimate of drug-likeness (QED) is 0.686. The fourth-order valence-electron chi connectivity index (χ4n) is 2.87. The summed E-state index contributed by atoms with van der Waals surface area (Å²) >= 11 is 0. The average Bonchev–Trinajstić information content (AvgIpc) is 3.29. The number of benzene rings is 1. The van der Waals surface area contributed by atoms with Crippen LogP contribution in [0, 0.1) is 0 Å². The minimum absolute atomic E-state index is 0.342. The van der Waals surface area contributed by atoms with Gasteiger partial charge in [0.15, 0.2) is 0 Å². The van der Waals surface area contributed by atoms with Gasteiger partial charge in [0.2, 0.25) is 0 Å². The molecule has 1 N–H and O–H groups in total. The van der Waals surface area contributed by atoms with Crippen LogP contribution in [0.25, 0.3) is 5.69 Å². The van der Waals surface area contributed by atoms with E-state index in [9.17, 15) is 0 Å². The normalized spacial score (nSPS) is 12.3. The smallest absolute Gasteiger partial charge is 0.144 e. The van der Waals surface area contributed by atoms with Gasteiger partial charge in [0, 0.05) is 49.7 Å². The molecule has 6 heteroatoms. The number of hydrogen-bond donors (Lipinski definition) is 1. The molecular formula is C19H25N5O. The number of hydrogen-bond acceptors (Lipinski definition) is 4. The van der Waals surface area contributed by atoms with Gasteiger partial charge in [-0.1, -0.05) is 19.1 Å². The molecule has 2 aromatic heterocycles. The van der Waals surface area contributed by atoms with Gasteiger partial charge in [0.25, 0.3) is 0 Å². The zero-order chi connectivity index (χ0) is 17.6. The van der Waals surface area contributed by atoms with Crippen LogP contribution in [-0.2, 0) is 19.5 Å². The van der Waals surface area contributed by atoms with Crippen molar-refractivity contribution in [2.45, 2.75) is 39.4 Å². The van der Waals surface area contributed by atoms with Crippen molar-refractivity contribution in [2.75, 3.05) is 7.11 Å². The molecule has 0 spiro atoms. The summed E-state index contributed by atoms with van der Waals surface area (Å²) in [5.41, 5.74) is 2.08. The molecule has 0 aliphatic rings. The molecule has 0 saturated carbocycles. The standard InChI is InChI=1S/C19H25N5O/c1-4-19-20-9-10-23(19)13-15(2)21-11-16-12-22-24(14-16)17-7-5-6-8-18(17)25-3/h5-10,12,14-15,21H,4,11,13H2,1-3H3/t15-/m0/s1. The molecule has 0 aliphatic heterocycles. The van der Waals surface area contributed by atoms with Gasteiger partial charge in [-0.15, -0.1) is 0 Å². The molecule has 0 unspecified atom stereocenters. The molecular weight excluding hydrogens is 314 g/mol. The van der Waals surface area contributed by atoms with Crippen LogP contribution in [0.1, 0.15) is 25.2 Å². The summed E-state index contributed by atoms with van der Waals surface area (Å²) in [6.07, 6.45) is 8.78. The monoisotopic (exact) mass is 339 g/mol. The Hall–Kier alpha value is -2.60. The van der Waals surface area contributed by atoms with Crippen molar-refractivity contribution in [3.8, 4) is 11.4 Å². The third-order valence-electron chi connectivity index (χ3n) is 4.21. The van der Waals surface area contributed by atoms with E-state index in [0.29, 0.717) is 6.04 Å². The number of nitrogens with zero attached hydrogens (tertiary/aromatic N) is 4. The Kier molecular flexibility index (Phi) is 5.50. The summed E-state index contributed by atoms with van der Waals surface area (Å²) in [6, 6.07) is 8.21. The minimum Gasteiger partial charge on any atom is -0.494 e. The fraction of sp³-hybridized carbons (Fsp3) is 0.368. The van der Waals surface area contributed by atoms with E-state index in [1.807, 2.05) is 53.7 Å². The molecule has 0 saturated heterocycles. The number of methoxy groups -OCH3 is 1. The first kappa shape index (κ1) is 17.2. The van der Waals surface area contributed by atoms with Crippen molar-refractivity contribution >= 4 is 0 Å². The number of para-hydroxylation sites is 2. The highest BCUT2D eigenvalue weighted by atomic mass is 16.5. The number of aryl methyl sites for hydroxylation is 1. The van der Waals surface area contributed by atoms with Crippen LogP contribution in [0.2, 0.25) is 0 Å². The molecule has 2 heterocycles. The van der Waals surface area contributed by atoms with E-state index in [-0.39, 0.29) is 0 Å². The molecule has 0 aliphatic carbocycles. The molecule has 3 aromatic rings. The van der Waals surface area contributed by atoms with Crippen molar-refractivity contribution in [2.24, 2.45) is 0 Å². The van der Waals surface area contributed by atoms with Crippen molar-refractivity contribution in [3.05, 3.63) is 60.4 Å². The Bertz CT molecular complexity index is 808. The summed E-state index contributed by atoms with van der Waals surface area (Å²) in [6.45, 7) is 5.99. The predicted octanol–water partition coefficient (Wildman–Crippen LogP) is 2.82. The highest BCUT2D eigenvalue weighted by Gasteiger charge is 2.09. The summed E-state index contributed by atoms with van der Waals surface area (Å²) in [5.74, 6) is 1.93. The zero-order valence-electron chi connectivity index (χ0n) is 15.0. The summed E-state index contributed by atoms with van der Waals surface area (Å²) in [5, 5.41) is 8.01. The molecule has 0 amide bonds. The van der Waals surface area contributed by atoms with E-state index in [0.717, 1.165) is 42.3 Å². The highest BCUT2D eigenvalue weighted by molar-refractivity contribution is 5.46. The third kappa shape index (κ3) is 4.09. The minimum atomic E-state index is 0.342. The van der Waals surface area contributed by atoms with Crippen molar-refractivity contribution in [3.63, 3.8) is 0 Å². The lowest BCUT2D eigenvalue weighted by Gasteiger charge is -2.15. The topological polar surface area (TPSA) is 56.9 Å². The van der Waals surface area contributed by atoms with Crippen LogP contribution in [0.15, 0.2) is 49.1 Å². The largest absolute Gasteiger partial charge is 0.494 e. The second-order valence-electron chi connectivity index (χ2n) is 6.10. The Balaban J connectivity index is 1.60. The summed E-state index contributed by atoms with van der Waals surface area (Å²) in [4.78, 5) is 4.37. The van der Waals surface area contributed by atoms with Crippen molar-refractivity contribution in [1.29, 1.82) is 0 Å². The molecule has 0 fully saturated rings. The first-order valence-corrected chi connectivity index (χ1v) is 8.61. The second kappa shape index (κ2) is 7.98. The number of aromatic nitrogens is 4. The van der Waals surface area contributed by atoms with Crippen LogP contribution in [0.3, 0.4) is 0 Å². The Morgan fingerprint density at radius 2 is 2.12 bits per heavy atom. The van der Waals surface area contributed by atoms with Crippen LogP contribution in [-0.4, -0.2) is 32.5 Å². The fourth-order valence-corrected chi connectivity index (χ4v) is 2.87. The Labute approximate surface area is 148 Å². The molecule has 132 valence electrons. The van der Waals surface area contributed by atoms with E-state index in [2.05, 4.69) is 33.8 Å². The van der Waals surface area contributed by atoms with E-state index < -0.39 is 0 Å². The Morgan fingerprint density at radius 3 is 2.92 bits per heavy atom. The number of imidazole rings is 1. The van der Waals surface area contributed by atoms with Gasteiger partial charge < -0.3 is 14.6 Å². The molecule has 0 bridgehead atoms. The lowest BCUT2D eigenvalue weighted by molar-refractivity contribution is 0.411. The molecule has 6 nitrogen and oxygen atoms in total. The zero-order valence-corrected chi connectivity index (χ0v) is 15.0. The first-order valence-electron chi connectivity index (χ1n) is 8.61. The molecule has 1 atom stereocenters. The Morgan fingerprint density at radius 1 is 1.28 bits per heavy atom. The lowest BCUT2D eigenvalue weighted by atomic mass is 10.2. The summed E-state index contributed by atoms with van der Waals surface area (Å²) in [7, 11) is 1.67. The van der Waals surface area contributed by atoms with Gasteiger partial charge in [0.05, 0.1) is 13.3 Å². The van der Waals surface area contributed by atoms with Crippen LogP contribution < -0.4 is 10.1 Å². The maximum atomic E-state index is 5.40. The van der Waals surface area contributed by atoms with E-state index in [1.54, 1.807) is 7.11 Å². The van der Waals surface area contributed by atoms with Gasteiger partial charge in [-0.3, -0.25) is 0 Å². The SMILES string of the molecule is CCc1nccn1C[C@H](C)NCc1cnn(-c2ccccc2OC)c1. The second-order valence-corrected chi connectivity index (χ2v) is 6.10. The number of ether oxygens (including phenoxy) is 1. The summed E-state index contributed by atoms with van der Waals surface area (Å²) < 4.78 is 9.46. The predicted molar refractivity (Wildman–Crippen MR) is 98.0 cm³/mol. The van der Waals surface area contributed by atoms with Gasteiger partial charge in [0.1, 0.15) is 17.3 Å². The lowest BCUT2D eigenvalue weighted by Crippen LogP contribution is -2.30. The van der Waals surface area contributed by atoms with Crippen LogP contribution >= 0.6 is 0 Å². The van der Waals surface area contributed by atoms with Crippen LogP contribution in [0.5, 0.6) is 5.75 Å². The van der Waals surface area contributed by atoms with Gasteiger partial charge in [-0.2, -0.15) is 5.10 Å². The van der Waals surface area contributed by atoms with E-state index >= 15 is 0 Å². The molecule has 0 radical (unpaired) electrons. The van der Waals surface area contributed by atoms with E-state index in [4.69, 9.17) is 4.74 Å². The third-order valence-corrected chi connectivity index (χ3v) is 4.21. The molecule has 1 aromatic carbocycles. The van der Waals surface area contributed by atoms with Crippen molar-refractivity contribution < 1.29 is 4.74 Å². The van der Waals surface area contributed by atoms with Gasteiger partial charge >= 0.3 is 0 Å². The van der Waals surface area contributed by atoms with E-state index in [1.165, 1.54) is 0 Å².